The Morgan fingerprint density at radius 1 is 1.60 bits per heavy atom. The molecule has 1 amide bonds. The lowest BCUT2D eigenvalue weighted by Gasteiger charge is -2.38. The van der Waals surface area contributed by atoms with E-state index in [2.05, 4.69) is 11.9 Å². The maximum Gasteiger partial charge on any atom is 0.228 e. The standard InChI is InChI=1S/C14H20N4OS/c1-10-2-3-18(12(6-10)8-15)13(19)7-11-9-17-4-5-20-14(17)16-11/h4-5,9-10,12H,2-3,6-8,15H2,1H3. The number of aromatic nitrogens is 2. The topological polar surface area (TPSA) is 63.6 Å². The van der Waals surface area contributed by atoms with Gasteiger partial charge in [-0.3, -0.25) is 9.20 Å². The monoisotopic (exact) mass is 292 g/mol. The van der Waals surface area contributed by atoms with Gasteiger partial charge in [-0.25, -0.2) is 4.98 Å². The third-order valence-corrected chi connectivity index (χ3v) is 4.82. The van der Waals surface area contributed by atoms with Gasteiger partial charge in [0.05, 0.1) is 12.1 Å². The highest BCUT2D eigenvalue weighted by Crippen LogP contribution is 2.23. The predicted molar refractivity (Wildman–Crippen MR) is 79.7 cm³/mol. The lowest BCUT2D eigenvalue weighted by Crippen LogP contribution is -2.49. The molecule has 2 aromatic rings. The summed E-state index contributed by atoms with van der Waals surface area (Å²) in [5.41, 5.74) is 6.66. The maximum absolute atomic E-state index is 12.5. The van der Waals surface area contributed by atoms with Crippen LogP contribution in [0, 0.1) is 5.92 Å². The predicted octanol–water partition coefficient (Wildman–Crippen LogP) is 1.52. The van der Waals surface area contributed by atoms with E-state index in [9.17, 15) is 4.79 Å². The second kappa shape index (κ2) is 5.54. The van der Waals surface area contributed by atoms with E-state index in [0.29, 0.717) is 18.9 Å². The molecule has 0 bridgehead atoms. The number of thiazole rings is 1. The summed E-state index contributed by atoms with van der Waals surface area (Å²) in [5.74, 6) is 0.809. The van der Waals surface area contributed by atoms with E-state index in [1.54, 1.807) is 11.3 Å². The van der Waals surface area contributed by atoms with Crippen LogP contribution in [0.3, 0.4) is 0 Å². The third-order valence-electron chi connectivity index (χ3n) is 4.05. The Bertz CT molecular complexity index is 577. The molecule has 1 fully saturated rings. The molecular formula is C14H20N4OS. The summed E-state index contributed by atoms with van der Waals surface area (Å²) in [6.45, 7) is 3.60. The summed E-state index contributed by atoms with van der Waals surface area (Å²) in [5, 5.41) is 1.99. The molecule has 3 heterocycles. The highest BCUT2D eigenvalue weighted by atomic mass is 32.1. The Morgan fingerprint density at radius 2 is 2.45 bits per heavy atom. The average molecular weight is 292 g/mol. The summed E-state index contributed by atoms with van der Waals surface area (Å²) in [4.78, 5) is 19.8. The van der Waals surface area contributed by atoms with Crippen LogP contribution in [-0.2, 0) is 11.2 Å². The van der Waals surface area contributed by atoms with Gasteiger partial charge in [-0.15, -0.1) is 11.3 Å². The molecule has 0 saturated carbocycles. The van der Waals surface area contributed by atoms with Gasteiger partial charge in [0.1, 0.15) is 0 Å². The summed E-state index contributed by atoms with van der Waals surface area (Å²) in [6.07, 6.45) is 6.36. The summed E-state index contributed by atoms with van der Waals surface area (Å²) in [6, 6.07) is 0.190. The van der Waals surface area contributed by atoms with E-state index in [1.165, 1.54) is 0 Å². The smallest absolute Gasteiger partial charge is 0.228 e. The zero-order chi connectivity index (χ0) is 14.1. The average Bonchev–Trinajstić information content (AvgIpc) is 2.99. The number of hydrogen-bond donors (Lipinski definition) is 1. The molecule has 2 aromatic heterocycles. The van der Waals surface area contributed by atoms with Crippen LogP contribution in [0.2, 0.25) is 0 Å². The van der Waals surface area contributed by atoms with Gasteiger partial charge >= 0.3 is 0 Å². The number of carbonyl (C=O) groups excluding carboxylic acids is 1. The molecule has 0 spiro atoms. The zero-order valence-corrected chi connectivity index (χ0v) is 12.5. The highest BCUT2D eigenvalue weighted by molar-refractivity contribution is 7.15. The van der Waals surface area contributed by atoms with Crippen molar-refractivity contribution in [1.82, 2.24) is 14.3 Å². The molecule has 6 heteroatoms. The third kappa shape index (κ3) is 2.58. The van der Waals surface area contributed by atoms with Gasteiger partial charge in [-0.2, -0.15) is 0 Å². The molecule has 0 aliphatic carbocycles. The number of hydrogen-bond acceptors (Lipinski definition) is 4. The molecule has 5 nitrogen and oxygen atoms in total. The normalized spacial score (nSPS) is 23.4. The fourth-order valence-electron chi connectivity index (χ4n) is 2.92. The molecule has 0 radical (unpaired) electrons. The van der Waals surface area contributed by atoms with Crippen molar-refractivity contribution in [2.24, 2.45) is 11.7 Å². The molecule has 1 aliphatic heterocycles. The highest BCUT2D eigenvalue weighted by Gasteiger charge is 2.29. The number of rotatable bonds is 3. The van der Waals surface area contributed by atoms with Crippen molar-refractivity contribution >= 4 is 22.2 Å². The van der Waals surface area contributed by atoms with E-state index < -0.39 is 0 Å². The Morgan fingerprint density at radius 3 is 3.20 bits per heavy atom. The van der Waals surface area contributed by atoms with Crippen LogP contribution in [-0.4, -0.2) is 39.3 Å². The van der Waals surface area contributed by atoms with Crippen molar-refractivity contribution < 1.29 is 4.79 Å². The first-order chi connectivity index (χ1) is 9.67. The molecule has 0 aromatic carbocycles. The number of carbonyl (C=O) groups is 1. The van der Waals surface area contributed by atoms with Crippen LogP contribution < -0.4 is 5.73 Å². The Balaban J connectivity index is 1.70. The zero-order valence-electron chi connectivity index (χ0n) is 11.7. The first-order valence-electron chi connectivity index (χ1n) is 7.08. The van der Waals surface area contributed by atoms with E-state index in [1.807, 2.05) is 27.1 Å². The fraction of sp³-hybridized carbons (Fsp3) is 0.571. The van der Waals surface area contributed by atoms with E-state index in [4.69, 9.17) is 5.73 Å². The SMILES string of the molecule is CC1CCN(C(=O)Cc2cn3ccsc3n2)C(CN)C1. The number of nitrogens with zero attached hydrogens (tertiary/aromatic N) is 3. The van der Waals surface area contributed by atoms with Gasteiger partial charge in [-0.1, -0.05) is 6.92 Å². The number of nitrogens with two attached hydrogens (primary N) is 1. The van der Waals surface area contributed by atoms with Crippen LogP contribution in [0.5, 0.6) is 0 Å². The number of piperidine rings is 1. The second-order valence-corrected chi connectivity index (χ2v) is 6.48. The van der Waals surface area contributed by atoms with Gasteiger partial charge < -0.3 is 10.6 Å². The Kier molecular flexibility index (Phi) is 3.76. The van der Waals surface area contributed by atoms with Crippen molar-refractivity contribution in [3.63, 3.8) is 0 Å². The quantitative estimate of drug-likeness (QED) is 0.933. The molecule has 3 rings (SSSR count). The van der Waals surface area contributed by atoms with Crippen molar-refractivity contribution in [2.75, 3.05) is 13.1 Å². The summed E-state index contributed by atoms with van der Waals surface area (Å²) in [7, 11) is 0. The summed E-state index contributed by atoms with van der Waals surface area (Å²) < 4.78 is 1.96. The van der Waals surface area contributed by atoms with Gasteiger partial charge in [0.25, 0.3) is 0 Å². The lowest BCUT2D eigenvalue weighted by molar-refractivity contribution is -0.134. The van der Waals surface area contributed by atoms with Crippen LogP contribution in [0.4, 0.5) is 0 Å². The first-order valence-corrected chi connectivity index (χ1v) is 7.96. The molecule has 2 atom stereocenters. The minimum atomic E-state index is 0.151. The first kappa shape index (κ1) is 13.6. The van der Waals surface area contributed by atoms with Crippen molar-refractivity contribution in [3.05, 3.63) is 23.5 Å². The van der Waals surface area contributed by atoms with E-state index >= 15 is 0 Å². The Labute approximate surface area is 122 Å². The van der Waals surface area contributed by atoms with Crippen LogP contribution in [0.1, 0.15) is 25.5 Å². The van der Waals surface area contributed by atoms with E-state index in [0.717, 1.165) is 30.0 Å². The molecule has 1 aliphatic rings. The van der Waals surface area contributed by atoms with Crippen molar-refractivity contribution in [2.45, 2.75) is 32.2 Å². The fourth-order valence-corrected chi connectivity index (χ4v) is 3.64. The Hall–Kier alpha value is -1.40. The molecule has 1 saturated heterocycles. The molecule has 108 valence electrons. The van der Waals surface area contributed by atoms with Gasteiger partial charge in [0.2, 0.25) is 5.91 Å². The van der Waals surface area contributed by atoms with Crippen LogP contribution in [0.15, 0.2) is 17.8 Å². The van der Waals surface area contributed by atoms with E-state index in [-0.39, 0.29) is 11.9 Å². The van der Waals surface area contributed by atoms with Gasteiger partial charge in [-0.05, 0) is 18.8 Å². The lowest BCUT2D eigenvalue weighted by atomic mass is 9.92. The number of likely N-dealkylation sites (tertiary alicyclic amines) is 1. The van der Waals surface area contributed by atoms with Crippen molar-refractivity contribution in [3.8, 4) is 0 Å². The van der Waals surface area contributed by atoms with Gasteiger partial charge in [0.15, 0.2) is 4.96 Å². The van der Waals surface area contributed by atoms with Gasteiger partial charge in [0, 0.05) is 36.9 Å². The molecule has 20 heavy (non-hydrogen) atoms. The number of amides is 1. The molecular weight excluding hydrogens is 272 g/mol. The second-order valence-electron chi connectivity index (χ2n) is 5.61. The van der Waals surface area contributed by atoms with Crippen LogP contribution >= 0.6 is 11.3 Å². The minimum Gasteiger partial charge on any atom is -0.338 e. The number of fused-ring (bicyclic) bond motifs is 1. The summed E-state index contributed by atoms with van der Waals surface area (Å²) >= 11 is 1.58. The largest absolute Gasteiger partial charge is 0.338 e. The van der Waals surface area contributed by atoms with Crippen LogP contribution in [0.25, 0.3) is 4.96 Å². The van der Waals surface area contributed by atoms with Crippen molar-refractivity contribution in [1.29, 1.82) is 0 Å². The minimum absolute atomic E-state index is 0.151. The number of imidazole rings is 1. The molecule has 2 unspecified atom stereocenters. The maximum atomic E-state index is 12.5. The molecule has 2 N–H and O–H groups in total.